The number of nitrogens with zero attached hydrogens (tertiary/aromatic N) is 3. The van der Waals surface area contributed by atoms with Crippen molar-refractivity contribution in [3.8, 4) is 6.07 Å². The first-order chi connectivity index (χ1) is 11.6. The van der Waals surface area contributed by atoms with Gasteiger partial charge in [-0.25, -0.2) is 0 Å². The highest BCUT2D eigenvalue weighted by Crippen LogP contribution is 2.10. The summed E-state index contributed by atoms with van der Waals surface area (Å²) in [6, 6.07) is 12.3. The minimum Gasteiger partial charge on any atom is -0.338 e. The van der Waals surface area contributed by atoms with E-state index in [-0.39, 0.29) is 18.2 Å². The zero-order chi connectivity index (χ0) is 17.4. The van der Waals surface area contributed by atoms with E-state index in [2.05, 4.69) is 10.3 Å². The van der Waals surface area contributed by atoms with Gasteiger partial charge < -0.3 is 10.2 Å². The zero-order valence-corrected chi connectivity index (χ0v) is 13.4. The van der Waals surface area contributed by atoms with Crippen molar-refractivity contribution in [2.24, 2.45) is 0 Å². The summed E-state index contributed by atoms with van der Waals surface area (Å²) in [5.74, 6) is -0.265. The molecule has 2 amide bonds. The number of anilines is 1. The number of aromatic nitrogens is 1. The van der Waals surface area contributed by atoms with E-state index >= 15 is 0 Å². The van der Waals surface area contributed by atoms with Crippen LogP contribution < -0.4 is 5.32 Å². The van der Waals surface area contributed by atoms with E-state index in [4.69, 9.17) is 5.26 Å². The van der Waals surface area contributed by atoms with Gasteiger partial charge >= 0.3 is 0 Å². The molecule has 0 saturated heterocycles. The van der Waals surface area contributed by atoms with Gasteiger partial charge in [-0.3, -0.25) is 14.6 Å². The van der Waals surface area contributed by atoms with Crippen LogP contribution in [0.25, 0.3) is 0 Å². The molecule has 122 valence electrons. The lowest BCUT2D eigenvalue weighted by Gasteiger charge is -2.20. The monoisotopic (exact) mass is 322 g/mol. The van der Waals surface area contributed by atoms with E-state index in [0.717, 1.165) is 5.56 Å². The first kappa shape index (κ1) is 17.2. The third-order valence-electron chi connectivity index (χ3n) is 3.47. The van der Waals surface area contributed by atoms with Crippen LogP contribution in [-0.2, 0) is 16.1 Å². The summed E-state index contributed by atoms with van der Waals surface area (Å²) < 4.78 is 0. The Morgan fingerprint density at radius 2 is 1.83 bits per heavy atom. The minimum absolute atomic E-state index is 0.0852. The lowest BCUT2D eigenvalue weighted by atomic mass is 10.2. The van der Waals surface area contributed by atoms with E-state index < -0.39 is 0 Å². The van der Waals surface area contributed by atoms with Crippen molar-refractivity contribution < 1.29 is 9.59 Å². The molecule has 0 spiro atoms. The number of nitrogens with one attached hydrogen (secondary N) is 1. The van der Waals surface area contributed by atoms with Crippen molar-refractivity contribution in [2.75, 3.05) is 11.9 Å². The molecule has 0 fully saturated rings. The normalized spacial score (nSPS) is 9.83. The molecule has 6 nitrogen and oxygen atoms in total. The lowest BCUT2D eigenvalue weighted by Crippen LogP contribution is -2.31. The van der Waals surface area contributed by atoms with Gasteiger partial charge in [0.1, 0.15) is 0 Å². The molecule has 0 aliphatic heterocycles. The quantitative estimate of drug-likeness (QED) is 0.884. The average Bonchev–Trinajstić information content (AvgIpc) is 2.60. The number of carbonyl (C=O) groups excluding carboxylic acids is 2. The van der Waals surface area contributed by atoms with Crippen LogP contribution in [0.15, 0.2) is 48.8 Å². The molecule has 1 heterocycles. The van der Waals surface area contributed by atoms with E-state index in [1.807, 2.05) is 18.2 Å². The van der Waals surface area contributed by atoms with Crippen molar-refractivity contribution in [3.63, 3.8) is 0 Å². The van der Waals surface area contributed by atoms with E-state index in [1.54, 1.807) is 41.6 Å². The molecule has 2 aromatic rings. The van der Waals surface area contributed by atoms with Crippen molar-refractivity contribution in [1.82, 2.24) is 9.88 Å². The molecular weight excluding hydrogens is 304 g/mol. The topological polar surface area (TPSA) is 86.1 Å². The number of hydrogen-bond donors (Lipinski definition) is 1. The van der Waals surface area contributed by atoms with Crippen molar-refractivity contribution >= 4 is 17.5 Å². The highest BCUT2D eigenvalue weighted by molar-refractivity contribution is 5.91. The van der Waals surface area contributed by atoms with Crippen LogP contribution in [0.5, 0.6) is 0 Å². The highest BCUT2D eigenvalue weighted by atomic mass is 16.2. The summed E-state index contributed by atoms with van der Waals surface area (Å²) in [6.07, 6.45) is 3.54. The maximum absolute atomic E-state index is 12.0. The molecule has 1 N–H and O–H groups in total. The van der Waals surface area contributed by atoms with Gasteiger partial charge in [0.15, 0.2) is 0 Å². The maximum Gasteiger partial charge on any atom is 0.226 e. The molecule has 0 saturated carbocycles. The van der Waals surface area contributed by atoms with Crippen LogP contribution >= 0.6 is 0 Å². The third kappa shape index (κ3) is 5.21. The molecule has 0 radical (unpaired) electrons. The Morgan fingerprint density at radius 3 is 2.42 bits per heavy atom. The van der Waals surface area contributed by atoms with Crippen molar-refractivity contribution in [2.45, 2.75) is 19.9 Å². The second kappa shape index (κ2) is 8.44. The van der Waals surface area contributed by atoms with Gasteiger partial charge in [-0.15, -0.1) is 0 Å². The number of carbonyl (C=O) groups is 2. The molecule has 1 aromatic heterocycles. The van der Waals surface area contributed by atoms with Gasteiger partial charge in [-0.2, -0.15) is 5.26 Å². The average molecular weight is 322 g/mol. The summed E-state index contributed by atoms with van der Waals surface area (Å²) in [5.41, 5.74) is 2.13. The summed E-state index contributed by atoms with van der Waals surface area (Å²) in [6.45, 7) is 2.27. The highest BCUT2D eigenvalue weighted by Gasteiger charge is 2.12. The van der Waals surface area contributed by atoms with E-state index in [0.29, 0.717) is 24.3 Å². The van der Waals surface area contributed by atoms with Gasteiger partial charge in [0, 0.05) is 44.5 Å². The van der Waals surface area contributed by atoms with Crippen LogP contribution in [0.4, 0.5) is 5.69 Å². The number of hydrogen-bond acceptors (Lipinski definition) is 4. The molecule has 0 aliphatic rings. The van der Waals surface area contributed by atoms with E-state index in [1.165, 1.54) is 6.92 Å². The standard InChI is InChI=1S/C18H18N4O2/c1-14(23)22(13-16-6-9-20-10-7-16)11-8-18(24)21-17-4-2-15(12-19)3-5-17/h2-7,9-10H,8,11,13H2,1H3,(H,21,24). The number of benzene rings is 1. The summed E-state index contributed by atoms with van der Waals surface area (Å²) in [7, 11) is 0. The Morgan fingerprint density at radius 1 is 1.17 bits per heavy atom. The molecule has 0 aliphatic carbocycles. The summed E-state index contributed by atoms with van der Waals surface area (Å²) in [5, 5.41) is 11.5. The van der Waals surface area contributed by atoms with Crippen molar-refractivity contribution in [1.29, 1.82) is 5.26 Å². The second-order valence-electron chi connectivity index (χ2n) is 5.28. The van der Waals surface area contributed by atoms with Gasteiger partial charge in [0.2, 0.25) is 11.8 Å². The fourth-order valence-electron chi connectivity index (χ4n) is 2.14. The Kier molecular flexibility index (Phi) is 6.03. The van der Waals surface area contributed by atoms with Crippen LogP contribution in [0, 0.1) is 11.3 Å². The van der Waals surface area contributed by atoms with E-state index in [9.17, 15) is 9.59 Å². The molecule has 0 atom stereocenters. The zero-order valence-electron chi connectivity index (χ0n) is 13.4. The molecule has 2 rings (SSSR count). The summed E-state index contributed by atoms with van der Waals surface area (Å²) >= 11 is 0. The van der Waals surface area contributed by atoms with Crippen LogP contribution in [-0.4, -0.2) is 28.2 Å². The Hall–Kier alpha value is -3.20. The Balaban J connectivity index is 1.87. The molecule has 1 aromatic carbocycles. The first-order valence-corrected chi connectivity index (χ1v) is 7.53. The lowest BCUT2D eigenvalue weighted by molar-refractivity contribution is -0.129. The molecule has 6 heteroatoms. The summed E-state index contributed by atoms with van der Waals surface area (Å²) in [4.78, 5) is 29.3. The number of nitriles is 1. The van der Waals surface area contributed by atoms with Crippen LogP contribution in [0.1, 0.15) is 24.5 Å². The first-order valence-electron chi connectivity index (χ1n) is 7.53. The molecule has 0 bridgehead atoms. The predicted octanol–water partition coefficient (Wildman–Crippen LogP) is 2.33. The van der Waals surface area contributed by atoms with Gasteiger partial charge in [0.05, 0.1) is 11.6 Å². The Bertz CT molecular complexity index is 736. The number of pyridine rings is 1. The fourth-order valence-corrected chi connectivity index (χ4v) is 2.14. The number of amides is 2. The maximum atomic E-state index is 12.0. The third-order valence-corrected chi connectivity index (χ3v) is 3.47. The van der Waals surface area contributed by atoms with Gasteiger partial charge in [0.25, 0.3) is 0 Å². The predicted molar refractivity (Wildman–Crippen MR) is 89.7 cm³/mol. The van der Waals surface area contributed by atoms with Gasteiger partial charge in [-0.1, -0.05) is 0 Å². The largest absolute Gasteiger partial charge is 0.338 e. The minimum atomic E-state index is -0.180. The van der Waals surface area contributed by atoms with Gasteiger partial charge in [-0.05, 0) is 42.0 Å². The van der Waals surface area contributed by atoms with Crippen LogP contribution in [0.2, 0.25) is 0 Å². The van der Waals surface area contributed by atoms with Crippen LogP contribution in [0.3, 0.4) is 0 Å². The molecule has 24 heavy (non-hydrogen) atoms. The second-order valence-corrected chi connectivity index (χ2v) is 5.28. The number of rotatable bonds is 6. The SMILES string of the molecule is CC(=O)N(CCC(=O)Nc1ccc(C#N)cc1)Cc1ccncc1. The molecule has 0 unspecified atom stereocenters. The Labute approximate surface area is 140 Å². The fraction of sp³-hybridized carbons (Fsp3) is 0.222. The van der Waals surface area contributed by atoms with Crippen molar-refractivity contribution in [3.05, 3.63) is 59.9 Å². The molecular formula is C18H18N4O2. The smallest absolute Gasteiger partial charge is 0.226 e.